The maximum absolute atomic E-state index is 12.5. The molecule has 184 valence electrons. The first-order valence-corrected chi connectivity index (χ1v) is 11.5. The number of hydrogen-bond donors (Lipinski definition) is 0. The number of halogens is 1. The van der Waals surface area contributed by atoms with Crippen LogP contribution in [0.2, 0.25) is 0 Å². The molecule has 1 fully saturated rings. The SMILES string of the molecule is COC(=O)[C@H]1O[C@@H](Oc2cccc3sc(CCl)cc23)[C@H](OC(C)=O)[C@@H](OC(C)=O)[C@@H]1OC(C)=O. The maximum Gasteiger partial charge on any atom is 0.339 e. The molecule has 0 bridgehead atoms. The van der Waals surface area contributed by atoms with Crippen LogP contribution in [0.15, 0.2) is 24.3 Å². The molecule has 0 aliphatic carbocycles. The maximum atomic E-state index is 12.5. The normalized spacial score (nSPS) is 24.2. The van der Waals surface area contributed by atoms with E-state index < -0.39 is 54.6 Å². The van der Waals surface area contributed by atoms with E-state index in [4.69, 9.17) is 40.0 Å². The molecular weight excluding hydrogens is 492 g/mol. The van der Waals surface area contributed by atoms with Crippen molar-refractivity contribution in [3.05, 3.63) is 29.1 Å². The second-order valence-electron chi connectivity index (χ2n) is 7.30. The Morgan fingerprint density at radius 3 is 2.18 bits per heavy atom. The summed E-state index contributed by atoms with van der Waals surface area (Å²) in [5, 5.41) is 0.717. The highest BCUT2D eigenvalue weighted by atomic mass is 35.5. The first kappa shape index (κ1) is 25.7. The molecule has 2 aromatic rings. The molecule has 1 aromatic carbocycles. The molecule has 10 nitrogen and oxygen atoms in total. The number of fused-ring (bicyclic) bond motifs is 1. The Morgan fingerprint density at radius 2 is 1.59 bits per heavy atom. The zero-order valence-corrected chi connectivity index (χ0v) is 20.3. The molecule has 5 atom stereocenters. The van der Waals surface area contributed by atoms with E-state index in [0.717, 1.165) is 37.5 Å². The molecule has 2 heterocycles. The molecule has 0 unspecified atom stereocenters. The highest BCUT2D eigenvalue weighted by Gasteiger charge is 2.55. The lowest BCUT2D eigenvalue weighted by atomic mass is 9.97. The van der Waals surface area contributed by atoms with Crippen LogP contribution in [0.3, 0.4) is 0 Å². The summed E-state index contributed by atoms with van der Waals surface area (Å²) in [4.78, 5) is 49.0. The highest BCUT2D eigenvalue weighted by Crippen LogP contribution is 2.37. The predicted molar refractivity (Wildman–Crippen MR) is 119 cm³/mol. The van der Waals surface area contributed by atoms with Gasteiger partial charge in [0.15, 0.2) is 18.3 Å². The van der Waals surface area contributed by atoms with Gasteiger partial charge in [0, 0.05) is 35.7 Å². The minimum atomic E-state index is -1.53. The molecule has 3 rings (SSSR count). The molecule has 0 spiro atoms. The van der Waals surface area contributed by atoms with E-state index in [1.54, 1.807) is 12.1 Å². The van der Waals surface area contributed by atoms with Crippen molar-refractivity contribution in [2.24, 2.45) is 0 Å². The first-order chi connectivity index (χ1) is 16.1. The summed E-state index contributed by atoms with van der Waals surface area (Å²) < 4.78 is 33.5. The average Bonchev–Trinajstić information content (AvgIpc) is 3.20. The monoisotopic (exact) mass is 514 g/mol. The number of carbonyl (C=O) groups excluding carboxylic acids is 4. The fourth-order valence-corrected chi connectivity index (χ4v) is 4.73. The number of hydrogen-bond acceptors (Lipinski definition) is 11. The summed E-state index contributed by atoms with van der Waals surface area (Å²) in [6.07, 6.45) is -7.22. The zero-order valence-electron chi connectivity index (χ0n) is 18.8. The summed E-state index contributed by atoms with van der Waals surface area (Å²) in [5.41, 5.74) is 0. The van der Waals surface area contributed by atoms with Crippen LogP contribution < -0.4 is 4.74 Å². The Bertz CT molecular complexity index is 1080. The Kier molecular flexibility index (Phi) is 8.34. The minimum Gasteiger partial charge on any atom is -0.467 e. The van der Waals surface area contributed by atoms with Gasteiger partial charge in [-0.2, -0.15) is 0 Å². The Hall–Kier alpha value is -2.89. The number of ether oxygens (including phenoxy) is 6. The van der Waals surface area contributed by atoms with Crippen LogP contribution in [0.25, 0.3) is 10.1 Å². The van der Waals surface area contributed by atoms with Crippen molar-refractivity contribution in [1.82, 2.24) is 0 Å². The Morgan fingerprint density at radius 1 is 0.971 bits per heavy atom. The molecule has 0 radical (unpaired) electrons. The molecular formula is C22H23ClO10S. The van der Waals surface area contributed by atoms with Crippen LogP contribution in [-0.2, 0) is 48.7 Å². The van der Waals surface area contributed by atoms with Crippen molar-refractivity contribution < 1.29 is 47.6 Å². The lowest BCUT2D eigenvalue weighted by Gasteiger charge is -2.43. The topological polar surface area (TPSA) is 124 Å². The number of benzene rings is 1. The first-order valence-electron chi connectivity index (χ1n) is 10.1. The lowest BCUT2D eigenvalue weighted by molar-refractivity contribution is -0.282. The van der Waals surface area contributed by atoms with Crippen LogP contribution in [0.1, 0.15) is 25.6 Å². The molecule has 0 amide bonds. The van der Waals surface area contributed by atoms with Gasteiger partial charge in [0.25, 0.3) is 0 Å². The van der Waals surface area contributed by atoms with Gasteiger partial charge >= 0.3 is 23.9 Å². The van der Waals surface area contributed by atoms with E-state index in [2.05, 4.69) is 0 Å². The van der Waals surface area contributed by atoms with Crippen molar-refractivity contribution in [2.75, 3.05) is 7.11 Å². The van der Waals surface area contributed by atoms with Gasteiger partial charge in [-0.3, -0.25) is 14.4 Å². The fourth-order valence-electron chi connectivity index (χ4n) is 3.56. The molecule has 1 aromatic heterocycles. The molecule has 0 N–H and O–H groups in total. The third-order valence-corrected chi connectivity index (χ3v) is 6.33. The van der Waals surface area contributed by atoms with Crippen molar-refractivity contribution in [3.63, 3.8) is 0 Å². The molecule has 1 aliphatic heterocycles. The highest BCUT2D eigenvalue weighted by molar-refractivity contribution is 7.19. The number of esters is 4. The van der Waals surface area contributed by atoms with Crippen LogP contribution in [-0.4, -0.2) is 61.7 Å². The van der Waals surface area contributed by atoms with E-state index in [9.17, 15) is 19.2 Å². The number of alkyl halides is 1. The third-order valence-electron chi connectivity index (χ3n) is 4.78. The molecule has 1 saturated heterocycles. The van der Waals surface area contributed by atoms with Crippen LogP contribution in [0, 0.1) is 0 Å². The molecule has 34 heavy (non-hydrogen) atoms. The number of thiophene rings is 1. The number of rotatable bonds is 7. The van der Waals surface area contributed by atoms with Gasteiger partial charge in [0.2, 0.25) is 12.4 Å². The second-order valence-corrected chi connectivity index (χ2v) is 8.74. The average molecular weight is 515 g/mol. The quantitative estimate of drug-likeness (QED) is 0.309. The molecule has 0 saturated carbocycles. The van der Waals surface area contributed by atoms with Gasteiger partial charge in [-0.05, 0) is 18.2 Å². The van der Waals surface area contributed by atoms with Crippen molar-refractivity contribution in [3.8, 4) is 5.75 Å². The summed E-state index contributed by atoms with van der Waals surface area (Å²) in [5.74, 6) is -2.54. The fraction of sp³-hybridized carbons (Fsp3) is 0.455. The van der Waals surface area contributed by atoms with Gasteiger partial charge in [-0.25, -0.2) is 4.79 Å². The van der Waals surface area contributed by atoms with Gasteiger partial charge in [-0.15, -0.1) is 22.9 Å². The van der Waals surface area contributed by atoms with Gasteiger partial charge in [0.1, 0.15) is 5.75 Å². The third kappa shape index (κ3) is 5.78. The Labute approximate surface area is 203 Å². The summed E-state index contributed by atoms with van der Waals surface area (Å²) >= 11 is 7.44. The van der Waals surface area contributed by atoms with Gasteiger partial charge < -0.3 is 28.4 Å². The second kappa shape index (κ2) is 11.0. The van der Waals surface area contributed by atoms with E-state index in [1.165, 1.54) is 11.3 Å². The minimum absolute atomic E-state index is 0.303. The summed E-state index contributed by atoms with van der Waals surface area (Å²) in [6, 6.07) is 7.13. The van der Waals surface area contributed by atoms with Crippen LogP contribution in [0.4, 0.5) is 0 Å². The van der Waals surface area contributed by atoms with E-state index in [1.807, 2.05) is 12.1 Å². The Balaban J connectivity index is 2.07. The lowest BCUT2D eigenvalue weighted by Crippen LogP contribution is -2.64. The van der Waals surface area contributed by atoms with Crippen molar-refractivity contribution in [2.45, 2.75) is 57.4 Å². The van der Waals surface area contributed by atoms with Crippen LogP contribution >= 0.6 is 22.9 Å². The smallest absolute Gasteiger partial charge is 0.339 e. The molecule has 12 heteroatoms. The number of carbonyl (C=O) groups is 4. The predicted octanol–water partition coefficient (Wildman–Crippen LogP) is 2.71. The van der Waals surface area contributed by atoms with Crippen molar-refractivity contribution >= 4 is 56.9 Å². The zero-order chi connectivity index (χ0) is 25.0. The summed E-state index contributed by atoms with van der Waals surface area (Å²) in [6.45, 7) is 3.36. The largest absolute Gasteiger partial charge is 0.467 e. The summed E-state index contributed by atoms with van der Waals surface area (Å²) in [7, 11) is 1.12. The van der Waals surface area contributed by atoms with E-state index >= 15 is 0 Å². The van der Waals surface area contributed by atoms with E-state index in [-0.39, 0.29) is 0 Å². The van der Waals surface area contributed by atoms with E-state index in [0.29, 0.717) is 17.0 Å². The standard InChI is InChI=1S/C22H23ClO10S/c1-10(24)29-17-18(30-11(2)25)20(31-12(3)26)22(33-19(17)21(27)28-4)32-15-6-5-7-16-14(15)8-13(9-23)34-16/h5-8,17-20,22H,9H2,1-4H3/t17-,18-,19-,20+,22+/m0/s1. The van der Waals surface area contributed by atoms with Crippen LogP contribution in [0.5, 0.6) is 5.75 Å². The van der Waals surface area contributed by atoms with Gasteiger partial charge in [-0.1, -0.05) is 6.07 Å². The molecule has 1 aliphatic rings. The van der Waals surface area contributed by atoms with Gasteiger partial charge in [0.05, 0.1) is 13.0 Å². The number of methoxy groups -OCH3 is 1. The van der Waals surface area contributed by atoms with Crippen molar-refractivity contribution in [1.29, 1.82) is 0 Å².